The molecule has 1 aliphatic heterocycles. The van der Waals surface area contributed by atoms with Crippen LogP contribution < -0.4 is 10.6 Å². The molecule has 0 spiro atoms. The Hall–Kier alpha value is -1.62. The predicted molar refractivity (Wildman–Crippen MR) is 87.6 cm³/mol. The SMILES string of the molecule is CCNC(=NCc1ccccn1)NC1C2CCOC2C1(C)C. The van der Waals surface area contributed by atoms with Crippen LogP contribution in [0.1, 0.15) is 32.9 Å². The van der Waals surface area contributed by atoms with Gasteiger partial charge >= 0.3 is 0 Å². The van der Waals surface area contributed by atoms with Crippen molar-refractivity contribution in [3.05, 3.63) is 30.1 Å². The molecule has 1 aliphatic carbocycles. The van der Waals surface area contributed by atoms with Crippen LogP contribution in [0.15, 0.2) is 29.4 Å². The zero-order chi connectivity index (χ0) is 15.6. The van der Waals surface area contributed by atoms with Crippen LogP contribution in [0.5, 0.6) is 0 Å². The van der Waals surface area contributed by atoms with Gasteiger partial charge in [0.15, 0.2) is 5.96 Å². The molecule has 1 saturated heterocycles. The molecule has 5 heteroatoms. The van der Waals surface area contributed by atoms with Crippen molar-refractivity contribution in [2.75, 3.05) is 13.2 Å². The van der Waals surface area contributed by atoms with E-state index in [0.29, 0.717) is 24.6 Å². The molecule has 120 valence electrons. The topological polar surface area (TPSA) is 58.5 Å². The van der Waals surface area contributed by atoms with Gasteiger partial charge in [-0.25, -0.2) is 4.99 Å². The van der Waals surface area contributed by atoms with Crippen LogP contribution >= 0.6 is 0 Å². The molecule has 3 unspecified atom stereocenters. The standard InChI is InChI=1S/C17H26N4O/c1-4-18-16(20-11-12-7-5-6-9-19-12)21-14-13-8-10-22-15(13)17(14,2)3/h5-7,9,13-15H,4,8,10-11H2,1-3H3,(H2,18,20,21). The third kappa shape index (κ3) is 2.82. The summed E-state index contributed by atoms with van der Waals surface area (Å²) in [4.78, 5) is 9.00. The largest absolute Gasteiger partial charge is 0.377 e. The van der Waals surface area contributed by atoms with E-state index in [4.69, 9.17) is 4.74 Å². The lowest BCUT2D eigenvalue weighted by Crippen LogP contribution is -2.67. The number of fused-ring (bicyclic) bond motifs is 1. The monoisotopic (exact) mass is 302 g/mol. The van der Waals surface area contributed by atoms with Crippen molar-refractivity contribution >= 4 is 5.96 Å². The molecule has 1 saturated carbocycles. The molecule has 2 aliphatic rings. The Balaban J connectivity index is 1.66. The lowest BCUT2D eigenvalue weighted by Gasteiger charge is -2.54. The smallest absolute Gasteiger partial charge is 0.191 e. The maximum absolute atomic E-state index is 5.86. The van der Waals surface area contributed by atoms with E-state index in [1.807, 2.05) is 18.2 Å². The normalized spacial score (nSPS) is 29.6. The first kappa shape index (κ1) is 15.3. The summed E-state index contributed by atoms with van der Waals surface area (Å²) in [5.74, 6) is 1.48. The molecule has 2 N–H and O–H groups in total. The van der Waals surface area contributed by atoms with E-state index >= 15 is 0 Å². The summed E-state index contributed by atoms with van der Waals surface area (Å²) < 4.78 is 5.86. The number of aliphatic imine (C=N–C) groups is 1. The highest BCUT2D eigenvalue weighted by molar-refractivity contribution is 5.80. The van der Waals surface area contributed by atoms with Gasteiger partial charge in [0.2, 0.25) is 0 Å². The number of hydrogen-bond acceptors (Lipinski definition) is 3. The van der Waals surface area contributed by atoms with E-state index < -0.39 is 0 Å². The van der Waals surface area contributed by atoms with Crippen LogP contribution in [0, 0.1) is 11.3 Å². The summed E-state index contributed by atoms with van der Waals surface area (Å²) in [6.45, 7) is 8.97. The van der Waals surface area contributed by atoms with Crippen LogP contribution in [0.2, 0.25) is 0 Å². The number of nitrogens with one attached hydrogen (secondary N) is 2. The van der Waals surface area contributed by atoms with E-state index in [0.717, 1.165) is 31.2 Å². The van der Waals surface area contributed by atoms with Crippen LogP contribution in [0.4, 0.5) is 0 Å². The van der Waals surface area contributed by atoms with E-state index in [-0.39, 0.29) is 5.41 Å². The highest BCUT2D eigenvalue weighted by Crippen LogP contribution is 2.52. The minimum absolute atomic E-state index is 0.155. The molecule has 2 heterocycles. The Kier molecular flexibility index (Phi) is 4.34. The molecule has 0 bridgehead atoms. The summed E-state index contributed by atoms with van der Waals surface area (Å²) in [6, 6.07) is 6.34. The first-order valence-electron chi connectivity index (χ1n) is 8.19. The van der Waals surface area contributed by atoms with Crippen LogP contribution in [-0.4, -0.2) is 36.2 Å². The fourth-order valence-electron chi connectivity index (χ4n) is 3.74. The number of nitrogens with zero attached hydrogens (tertiary/aromatic N) is 2. The molecule has 3 rings (SSSR count). The van der Waals surface area contributed by atoms with Crippen LogP contribution in [-0.2, 0) is 11.3 Å². The van der Waals surface area contributed by atoms with Gasteiger partial charge in [-0.2, -0.15) is 0 Å². The number of hydrogen-bond donors (Lipinski definition) is 2. The second kappa shape index (κ2) is 6.24. The highest BCUT2D eigenvalue weighted by Gasteiger charge is 2.59. The van der Waals surface area contributed by atoms with Gasteiger partial charge in [0.25, 0.3) is 0 Å². The van der Waals surface area contributed by atoms with Gasteiger partial charge in [-0.15, -0.1) is 0 Å². The molecule has 22 heavy (non-hydrogen) atoms. The van der Waals surface area contributed by atoms with Crippen molar-refractivity contribution in [1.29, 1.82) is 0 Å². The second-order valence-electron chi connectivity index (χ2n) is 6.70. The fraction of sp³-hybridized carbons (Fsp3) is 0.647. The Morgan fingerprint density at radius 1 is 1.45 bits per heavy atom. The first-order chi connectivity index (χ1) is 10.6. The quantitative estimate of drug-likeness (QED) is 0.659. The zero-order valence-electron chi connectivity index (χ0n) is 13.7. The summed E-state index contributed by atoms with van der Waals surface area (Å²) in [5, 5.41) is 6.96. The molecule has 3 atom stereocenters. The Labute approximate surface area is 132 Å². The van der Waals surface area contributed by atoms with E-state index in [2.05, 4.69) is 41.4 Å². The van der Waals surface area contributed by atoms with Gasteiger partial charge in [0.05, 0.1) is 18.3 Å². The highest BCUT2D eigenvalue weighted by atomic mass is 16.5. The molecule has 1 aromatic heterocycles. The van der Waals surface area contributed by atoms with Crippen molar-refractivity contribution in [1.82, 2.24) is 15.6 Å². The first-order valence-corrected chi connectivity index (χ1v) is 8.19. The Morgan fingerprint density at radius 2 is 2.32 bits per heavy atom. The summed E-state index contributed by atoms with van der Waals surface area (Å²) in [6.07, 6.45) is 3.34. The van der Waals surface area contributed by atoms with Gasteiger partial charge in [0, 0.05) is 36.7 Å². The van der Waals surface area contributed by atoms with E-state index in [1.165, 1.54) is 0 Å². The molecule has 0 radical (unpaired) electrons. The summed E-state index contributed by atoms with van der Waals surface area (Å²) >= 11 is 0. The number of ether oxygens (including phenoxy) is 1. The number of rotatable bonds is 4. The Morgan fingerprint density at radius 3 is 3.05 bits per heavy atom. The van der Waals surface area contributed by atoms with Gasteiger partial charge < -0.3 is 15.4 Å². The number of aromatic nitrogens is 1. The average Bonchev–Trinajstić information content (AvgIpc) is 2.98. The van der Waals surface area contributed by atoms with Crippen molar-refractivity contribution in [2.24, 2.45) is 16.3 Å². The molecule has 0 aromatic carbocycles. The zero-order valence-corrected chi connectivity index (χ0v) is 13.7. The third-order valence-electron chi connectivity index (χ3n) is 4.86. The third-order valence-corrected chi connectivity index (χ3v) is 4.86. The molecule has 0 amide bonds. The van der Waals surface area contributed by atoms with Crippen molar-refractivity contribution < 1.29 is 4.74 Å². The maximum Gasteiger partial charge on any atom is 0.191 e. The van der Waals surface area contributed by atoms with Crippen molar-refractivity contribution in [3.63, 3.8) is 0 Å². The lowest BCUT2D eigenvalue weighted by atomic mass is 9.57. The van der Waals surface area contributed by atoms with Crippen molar-refractivity contribution in [3.8, 4) is 0 Å². The van der Waals surface area contributed by atoms with Gasteiger partial charge in [-0.1, -0.05) is 19.9 Å². The van der Waals surface area contributed by atoms with E-state index in [9.17, 15) is 0 Å². The van der Waals surface area contributed by atoms with Crippen molar-refractivity contribution in [2.45, 2.75) is 45.9 Å². The Bertz CT molecular complexity index is 529. The predicted octanol–water partition coefficient (Wildman–Crippen LogP) is 1.95. The summed E-state index contributed by atoms with van der Waals surface area (Å²) in [5.41, 5.74) is 1.14. The van der Waals surface area contributed by atoms with Crippen LogP contribution in [0.3, 0.4) is 0 Å². The minimum Gasteiger partial charge on any atom is -0.377 e. The molecule has 2 fully saturated rings. The molecular weight excluding hydrogens is 276 g/mol. The van der Waals surface area contributed by atoms with Gasteiger partial charge in [-0.05, 0) is 25.5 Å². The molecular formula is C17H26N4O. The van der Waals surface area contributed by atoms with Gasteiger partial charge in [0.1, 0.15) is 0 Å². The maximum atomic E-state index is 5.86. The number of guanidine groups is 1. The summed E-state index contributed by atoms with van der Waals surface area (Å²) in [7, 11) is 0. The van der Waals surface area contributed by atoms with Crippen LogP contribution in [0.25, 0.3) is 0 Å². The minimum atomic E-state index is 0.155. The molecule has 1 aromatic rings. The lowest BCUT2D eigenvalue weighted by molar-refractivity contribution is -0.106. The van der Waals surface area contributed by atoms with E-state index in [1.54, 1.807) is 6.20 Å². The number of pyridine rings is 1. The fourth-order valence-corrected chi connectivity index (χ4v) is 3.74. The average molecular weight is 302 g/mol. The second-order valence-corrected chi connectivity index (χ2v) is 6.70. The molecule has 5 nitrogen and oxygen atoms in total. The van der Waals surface area contributed by atoms with Gasteiger partial charge in [-0.3, -0.25) is 4.98 Å².